The van der Waals surface area contributed by atoms with E-state index < -0.39 is 23.7 Å². The van der Waals surface area contributed by atoms with Gasteiger partial charge in [0.2, 0.25) is 5.91 Å². The Labute approximate surface area is 105 Å². The lowest BCUT2D eigenvalue weighted by Gasteiger charge is -2.10. The first-order valence-corrected chi connectivity index (χ1v) is 5.19. The van der Waals surface area contributed by atoms with Crippen LogP contribution in [0.2, 0.25) is 0 Å². The van der Waals surface area contributed by atoms with Crippen molar-refractivity contribution in [2.75, 3.05) is 6.54 Å². The second-order valence-electron chi connectivity index (χ2n) is 3.74. The zero-order chi connectivity index (χ0) is 14.0. The maximum absolute atomic E-state index is 12.7. The highest BCUT2D eigenvalue weighted by Gasteiger charge is 2.33. The van der Waals surface area contributed by atoms with Gasteiger partial charge in [-0.15, -0.1) is 0 Å². The number of alkyl halides is 3. The SMILES string of the molecule is O=C1CN(/N=C\c2ccccc2C(F)(F)F)C(=O)N1. The van der Waals surface area contributed by atoms with Crippen LogP contribution in [0.4, 0.5) is 18.0 Å². The number of rotatable bonds is 2. The molecule has 1 fully saturated rings. The molecule has 1 heterocycles. The topological polar surface area (TPSA) is 61.8 Å². The Morgan fingerprint density at radius 3 is 2.53 bits per heavy atom. The molecule has 0 radical (unpaired) electrons. The largest absolute Gasteiger partial charge is 0.417 e. The van der Waals surface area contributed by atoms with Crippen LogP contribution in [0.25, 0.3) is 0 Å². The van der Waals surface area contributed by atoms with Crippen LogP contribution < -0.4 is 5.32 Å². The van der Waals surface area contributed by atoms with E-state index in [1.807, 2.05) is 5.32 Å². The lowest BCUT2D eigenvalue weighted by atomic mass is 10.1. The molecule has 0 aromatic heterocycles. The lowest BCUT2D eigenvalue weighted by molar-refractivity contribution is -0.137. The van der Waals surface area contributed by atoms with Gasteiger partial charge in [-0.2, -0.15) is 18.3 Å². The molecule has 0 spiro atoms. The Bertz CT molecular complexity index is 554. The predicted octanol–water partition coefficient (Wildman–Crippen LogP) is 1.59. The van der Waals surface area contributed by atoms with E-state index in [0.717, 1.165) is 17.3 Å². The number of hydrogen-bond donors (Lipinski definition) is 1. The highest BCUT2D eigenvalue weighted by Crippen LogP contribution is 2.31. The minimum atomic E-state index is -4.51. The summed E-state index contributed by atoms with van der Waals surface area (Å²) in [7, 11) is 0. The average Bonchev–Trinajstić information content (AvgIpc) is 2.64. The quantitative estimate of drug-likeness (QED) is 0.656. The van der Waals surface area contributed by atoms with E-state index in [4.69, 9.17) is 0 Å². The van der Waals surface area contributed by atoms with E-state index in [-0.39, 0.29) is 12.1 Å². The van der Waals surface area contributed by atoms with E-state index >= 15 is 0 Å². The van der Waals surface area contributed by atoms with Crippen LogP contribution in [0, 0.1) is 0 Å². The lowest BCUT2D eigenvalue weighted by Crippen LogP contribution is -2.24. The van der Waals surface area contributed by atoms with E-state index in [1.54, 1.807) is 0 Å². The van der Waals surface area contributed by atoms with Crippen LogP contribution in [-0.2, 0) is 11.0 Å². The molecule has 1 aliphatic heterocycles. The predicted molar refractivity (Wildman–Crippen MR) is 59.3 cm³/mol. The summed E-state index contributed by atoms with van der Waals surface area (Å²) in [6, 6.07) is 4.06. The molecule has 3 amide bonds. The molecule has 0 atom stereocenters. The van der Waals surface area contributed by atoms with Crippen molar-refractivity contribution < 1.29 is 22.8 Å². The number of nitrogens with zero attached hydrogens (tertiary/aromatic N) is 2. The number of carbonyl (C=O) groups is 2. The molecule has 0 unspecified atom stereocenters. The fourth-order valence-corrected chi connectivity index (χ4v) is 1.52. The molecule has 1 saturated heterocycles. The smallest absolute Gasteiger partial charge is 0.275 e. The highest BCUT2D eigenvalue weighted by atomic mass is 19.4. The number of benzene rings is 1. The average molecular weight is 271 g/mol. The molecule has 5 nitrogen and oxygen atoms in total. The van der Waals surface area contributed by atoms with Crippen LogP contribution in [-0.4, -0.2) is 29.7 Å². The molecule has 0 bridgehead atoms. The third-order valence-electron chi connectivity index (χ3n) is 2.38. The van der Waals surface area contributed by atoms with Crippen LogP contribution in [0.5, 0.6) is 0 Å². The summed E-state index contributed by atoms with van der Waals surface area (Å²) < 4.78 is 38.0. The fraction of sp³-hybridized carbons (Fsp3) is 0.182. The van der Waals surface area contributed by atoms with Gasteiger partial charge < -0.3 is 0 Å². The van der Waals surface area contributed by atoms with Gasteiger partial charge in [-0.25, -0.2) is 9.80 Å². The molecule has 1 aromatic carbocycles. The number of hydrogen-bond acceptors (Lipinski definition) is 3. The summed E-state index contributed by atoms with van der Waals surface area (Å²) >= 11 is 0. The van der Waals surface area contributed by atoms with Gasteiger partial charge in [-0.05, 0) is 6.07 Å². The molecule has 2 rings (SSSR count). The van der Waals surface area contributed by atoms with Gasteiger partial charge in [0, 0.05) is 5.56 Å². The first kappa shape index (κ1) is 13.1. The molecule has 1 aromatic rings. The maximum atomic E-state index is 12.7. The summed E-state index contributed by atoms with van der Waals surface area (Å²) in [6.07, 6.45) is -3.60. The number of imide groups is 1. The summed E-state index contributed by atoms with van der Waals surface area (Å²) in [5.74, 6) is -0.550. The third kappa shape index (κ3) is 2.90. The Kier molecular flexibility index (Phi) is 3.24. The standard InChI is InChI=1S/C11H8F3N3O2/c12-11(13,14)8-4-2-1-3-7(8)5-15-17-6-9(18)16-10(17)19/h1-5H,6H2,(H,16,18,19)/b15-5-. The number of halogens is 3. The van der Waals surface area contributed by atoms with Crippen molar-refractivity contribution in [3.63, 3.8) is 0 Å². The van der Waals surface area contributed by atoms with Crippen molar-refractivity contribution in [1.82, 2.24) is 10.3 Å². The van der Waals surface area contributed by atoms with Gasteiger partial charge in [0.05, 0.1) is 11.8 Å². The van der Waals surface area contributed by atoms with Crippen LogP contribution in [0.1, 0.15) is 11.1 Å². The molecule has 19 heavy (non-hydrogen) atoms. The Morgan fingerprint density at radius 2 is 1.95 bits per heavy atom. The zero-order valence-electron chi connectivity index (χ0n) is 9.44. The van der Waals surface area contributed by atoms with Crippen LogP contribution >= 0.6 is 0 Å². The van der Waals surface area contributed by atoms with E-state index in [2.05, 4.69) is 5.10 Å². The van der Waals surface area contributed by atoms with Crippen LogP contribution in [0.15, 0.2) is 29.4 Å². The molecule has 0 saturated carbocycles. The molecule has 1 aliphatic rings. The minimum absolute atomic E-state index is 0.179. The van der Waals surface area contributed by atoms with Crippen molar-refractivity contribution in [3.8, 4) is 0 Å². The first-order valence-electron chi connectivity index (χ1n) is 5.19. The third-order valence-corrected chi connectivity index (χ3v) is 2.38. The van der Waals surface area contributed by atoms with E-state index in [0.29, 0.717) is 0 Å². The van der Waals surface area contributed by atoms with Crippen molar-refractivity contribution in [2.24, 2.45) is 5.10 Å². The van der Waals surface area contributed by atoms with Crippen molar-refractivity contribution >= 4 is 18.2 Å². The Morgan fingerprint density at radius 1 is 1.26 bits per heavy atom. The summed E-state index contributed by atoms with van der Waals surface area (Å²) in [5, 5.41) is 6.29. The summed E-state index contributed by atoms with van der Waals surface area (Å²) in [4.78, 5) is 22.0. The van der Waals surface area contributed by atoms with Gasteiger partial charge in [-0.1, -0.05) is 18.2 Å². The Balaban J connectivity index is 2.24. The molecule has 100 valence electrons. The summed E-state index contributed by atoms with van der Waals surface area (Å²) in [5.41, 5.74) is -1.04. The van der Waals surface area contributed by atoms with Gasteiger partial charge in [-0.3, -0.25) is 10.1 Å². The number of carbonyl (C=O) groups excluding carboxylic acids is 2. The molecule has 8 heteroatoms. The van der Waals surface area contributed by atoms with Crippen molar-refractivity contribution in [2.45, 2.75) is 6.18 Å². The van der Waals surface area contributed by atoms with Crippen LogP contribution in [0.3, 0.4) is 0 Å². The molecule has 1 N–H and O–H groups in total. The monoisotopic (exact) mass is 271 g/mol. The van der Waals surface area contributed by atoms with E-state index in [9.17, 15) is 22.8 Å². The van der Waals surface area contributed by atoms with Crippen molar-refractivity contribution in [1.29, 1.82) is 0 Å². The first-order chi connectivity index (χ1) is 8.88. The Hall–Kier alpha value is -2.38. The number of nitrogens with one attached hydrogen (secondary N) is 1. The highest BCUT2D eigenvalue weighted by molar-refractivity contribution is 6.02. The number of hydrazone groups is 1. The van der Waals surface area contributed by atoms with Gasteiger partial charge in [0.25, 0.3) is 0 Å². The molecule has 0 aliphatic carbocycles. The van der Waals surface area contributed by atoms with Gasteiger partial charge >= 0.3 is 12.2 Å². The maximum Gasteiger partial charge on any atom is 0.417 e. The minimum Gasteiger partial charge on any atom is -0.275 e. The number of amides is 3. The molecular formula is C11H8F3N3O2. The fourth-order valence-electron chi connectivity index (χ4n) is 1.52. The van der Waals surface area contributed by atoms with Gasteiger partial charge in [0.1, 0.15) is 6.54 Å². The normalized spacial score (nSPS) is 16.3. The van der Waals surface area contributed by atoms with Crippen molar-refractivity contribution in [3.05, 3.63) is 35.4 Å². The number of urea groups is 1. The zero-order valence-corrected chi connectivity index (χ0v) is 9.44. The summed E-state index contributed by atoms with van der Waals surface area (Å²) in [6.45, 7) is -0.302. The second kappa shape index (κ2) is 4.71. The second-order valence-corrected chi connectivity index (χ2v) is 3.74. The molecular weight excluding hydrogens is 263 g/mol. The van der Waals surface area contributed by atoms with E-state index in [1.165, 1.54) is 18.2 Å². The van der Waals surface area contributed by atoms with Gasteiger partial charge in [0.15, 0.2) is 0 Å².